The average Bonchev–Trinajstić information content (AvgIpc) is 3.14. The van der Waals surface area contributed by atoms with Gasteiger partial charge in [-0.05, 0) is 30.3 Å². The number of fused-ring (bicyclic) bond motifs is 1. The van der Waals surface area contributed by atoms with Crippen LogP contribution in [0.2, 0.25) is 0 Å². The van der Waals surface area contributed by atoms with E-state index in [0.29, 0.717) is 16.5 Å². The Bertz CT molecular complexity index is 1020. The summed E-state index contributed by atoms with van der Waals surface area (Å²) in [5.41, 5.74) is 2.29. The molecule has 0 atom stereocenters. The fourth-order valence-electron chi connectivity index (χ4n) is 2.65. The molecule has 6 nitrogen and oxygen atoms in total. The molecule has 0 saturated heterocycles. The first-order valence-electron chi connectivity index (χ1n) is 6.88. The van der Waals surface area contributed by atoms with Crippen LogP contribution in [0, 0.1) is 0 Å². The summed E-state index contributed by atoms with van der Waals surface area (Å²) in [5.74, 6) is 0.352. The van der Waals surface area contributed by atoms with E-state index in [0.717, 1.165) is 16.6 Å². The molecule has 4 aromatic rings. The van der Waals surface area contributed by atoms with Crippen LogP contribution >= 0.6 is 12.6 Å². The van der Waals surface area contributed by atoms with Crippen molar-refractivity contribution >= 4 is 23.5 Å². The smallest absolute Gasteiger partial charge is 0.193 e. The number of aromatic amines is 1. The molecule has 114 valence electrons. The summed E-state index contributed by atoms with van der Waals surface area (Å²) in [5, 5.41) is 29.1. The highest BCUT2D eigenvalue weighted by Gasteiger charge is 2.18. The van der Waals surface area contributed by atoms with E-state index >= 15 is 0 Å². The van der Waals surface area contributed by atoms with Gasteiger partial charge in [0.1, 0.15) is 11.5 Å². The molecular weight excluding hydrogens is 312 g/mol. The zero-order valence-corrected chi connectivity index (χ0v) is 12.7. The van der Waals surface area contributed by atoms with Crippen molar-refractivity contribution in [1.29, 1.82) is 0 Å². The summed E-state index contributed by atoms with van der Waals surface area (Å²) < 4.78 is 1.76. The van der Waals surface area contributed by atoms with E-state index < -0.39 is 0 Å². The summed E-state index contributed by atoms with van der Waals surface area (Å²) >= 11 is 4.39. The van der Waals surface area contributed by atoms with Crippen molar-refractivity contribution in [2.45, 2.75) is 5.16 Å². The lowest BCUT2D eigenvalue weighted by atomic mass is 10.1. The van der Waals surface area contributed by atoms with Crippen LogP contribution in [-0.2, 0) is 0 Å². The maximum Gasteiger partial charge on any atom is 0.193 e. The van der Waals surface area contributed by atoms with Gasteiger partial charge >= 0.3 is 0 Å². The van der Waals surface area contributed by atoms with Gasteiger partial charge < -0.3 is 15.2 Å². The summed E-state index contributed by atoms with van der Waals surface area (Å²) in [4.78, 5) is 3.16. The van der Waals surface area contributed by atoms with Gasteiger partial charge in [0.2, 0.25) is 0 Å². The first-order chi connectivity index (χ1) is 11.1. The molecule has 0 radical (unpaired) electrons. The Kier molecular flexibility index (Phi) is 3.02. The Hall–Kier alpha value is -2.93. The van der Waals surface area contributed by atoms with Crippen molar-refractivity contribution in [1.82, 2.24) is 19.7 Å². The van der Waals surface area contributed by atoms with Crippen LogP contribution in [0.4, 0.5) is 0 Å². The molecule has 0 aliphatic carbocycles. The molecule has 0 spiro atoms. The second-order valence-electron chi connectivity index (χ2n) is 5.08. The number of nitrogens with zero attached hydrogens (tertiary/aromatic N) is 3. The second kappa shape index (κ2) is 5.06. The van der Waals surface area contributed by atoms with Crippen molar-refractivity contribution in [2.75, 3.05) is 0 Å². The maximum atomic E-state index is 10.1. The Labute approximate surface area is 136 Å². The number of aromatic nitrogens is 4. The number of phenols is 2. The zero-order chi connectivity index (χ0) is 16.0. The summed E-state index contributed by atoms with van der Waals surface area (Å²) in [7, 11) is 0. The Morgan fingerprint density at radius 1 is 1.04 bits per heavy atom. The molecule has 0 saturated carbocycles. The lowest BCUT2D eigenvalue weighted by Gasteiger charge is -2.11. The molecule has 0 amide bonds. The standard InChI is InChI=1S/C16H12N4O2S/c21-9-4-5-11(14(22)8-9)15-18-19-16(23)20(15)13-3-1-2-12-10(13)6-7-17-12/h1-8,17,21-22H,(H,19,23). The normalized spacial score (nSPS) is 11.2. The SMILES string of the molecule is Oc1ccc(-c2nnc(S)n2-c2cccc3[nH]ccc23)c(O)c1. The third-order valence-electron chi connectivity index (χ3n) is 3.68. The highest BCUT2D eigenvalue weighted by atomic mass is 32.1. The van der Waals surface area contributed by atoms with E-state index in [9.17, 15) is 10.2 Å². The Balaban J connectivity index is 2.00. The maximum absolute atomic E-state index is 10.1. The Morgan fingerprint density at radius 3 is 2.74 bits per heavy atom. The highest BCUT2D eigenvalue weighted by molar-refractivity contribution is 7.80. The van der Waals surface area contributed by atoms with Gasteiger partial charge in [-0.3, -0.25) is 4.57 Å². The van der Waals surface area contributed by atoms with Gasteiger partial charge in [0, 0.05) is 23.2 Å². The van der Waals surface area contributed by atoms with Gasteiger partial charge in [0.15, 0.2) is 11.0 Å². The van der Waals surface area contributed by atoms with E-state index in [1.54, 1.807) is 10.6 Å². The lowest BCUT2D eigenvalue weighted by Crippen LogP contribution is -1.99. The minimum absolute atomic E-state index is 0.0175. The van der Waals surface area contributed by atoms with Crippen LogP contribution in [0.5, 0.6) is 11.5 Å². The van der Waals surface area contributed by atoms with Crippen LogP contribution < -0.4 is 0 Å². The number of aromatic hydroxyl groups is 2. The van der Waals surface area contributed by atoms with Crippen LogP contribution in [-0.4, -0.2) is 30.0 Å². The van der Waals surface area contributed by atoms with Crippen LogP contribution in [0.15, 0.2) is 53.8 Å². The van der Waals surface area contributed by atoms with Crippen molar-refractivity contribution in [3.8, 4) is 28.6 Å². The molecule has 2 aromatic carbocycles. The van der Waals surface area contributed by atoms with Crippen molar-refractivity contribution in [2.24, 2.45) is 0 Å². The predicted octanol–water partition coefficient (Wildman–Crippen LogP) is 3.12. The molecular formula is C16H12N4O2S. The lowest BCUT2D eigenvalue weighted by molar-refractivity contribution is 0.451. The average molecular weight is 324 g/mol. The van der Waals surface area contributed by atoms with Crippen molar-refractivity contribution < 1.29 is 10.2 Å². The van der Waals surface area contributed by atoms with Gasteiger partial charge in [-0.2, -0.15) is 0 Å². The largest absolute Gasteiger partial charge is 0.508 e. The number of benzene rings is 2. The van der Waals surface area contributed by atoms with Crippen LogP contribution in [0.3, 0.4) is 0 Å². The third kappa shape index (κ3) is 2.13. The van der Waals surface area contributed by atoms with E-state index in [2.05, 4.69) is 27.8 Å². The number of hydrogen-bond donors (Lipinski definition) is 4. The first-order valence-corrected chi connectivity index (χ1v) is 7.33. The van der Waals surface area contributed by atoms with E-state index in [1.165, 1.54) is 12.1 Å². The Morgan fingerprint density at radius 2 is 1.91 bits per heavy atom. The van der Waals surface area contributed by atoms with E-state index in [4.69, 9.17) is 0 Å². The summed E-state index contributed by atoms with van der Waals surface area (Å²) in [6, 6.07) is 12.1. The summed E-state index contributed by atoms with van der Waals surface area (Å²) in [6.45, 7) is 0. The fourth-order valence-corrected chi connectivity index (χ4v) is 2.89. The molecule has 7 heteroatoms. The molecule has 0 aliphatic heterocycles. The fraction of sp³-hybridized carbons (Fsp3) is 0. The molecule has 3 N–H and O–H groups in total. The number of rotatable bonds is 2. The first kappa shape index (κ1) is 13.7. The van der Waals surface area contributed by atoms with E-state index in [-0.39, 0.29) is 11.5 Å². The molecule has 0 aliphatic rings. The van der Waals surface area contributed by atoms with Gasteiger partial charge in [0.25, 0.3) is 0 Å². The molecule has 0 bridgehead atoms. The quantitative estimate of drug-likeness (QED) is 0.427. The van der Waals surface area contributed by atoms with Gasteiger partial charge in [-0.1, -0.05) is 6.07 Å². The summed E-state index contributed by atoms with van der Waals surface area (Å²) in [6.07, 6.45) is 1.86. The van der Waals surface area contributed by atoms with Crippen LogP contribution in [0.25, 0.3) is 28.0 Å². The number of H-pyrrole nitrogens is 1. The van der Waals surface area contributed by atoms with Gasteiger partial charge in [-0.25, -0.2) is 0 Å². The molecule has 2 heterocycles. The number of hydrogen-bond acceptors (Lipinski definition) is 5. The predicted molar refractivity (Wildman–Crippen MR) is 89.2 cm³/mol. The topological polar surface area (TPSA) is 87.0 Å². The molecule has 2 aromatic heterocycles. The second-order valence-corrected chi connectivity index (χ2v) is 5.48. The minimum Gasteiger partial charge on any atom is -0.508 e. The minimum atomic E-state index is -0.0757. The van der Waals surface area contributed by atoms with Crippen LogP contribution in [0.1, 0.15) is 0 Å². The monoisotopic (exact) mass is 324 g/mol. The zero-order valence-electron chi connectivity index (χ0n) is 11.8. The molecule has 0 fully saturated rings. The number of nitrogens with one attached hydrogen (secondary N) is 1. The number of thiol groups is 1. The van der Waals surface area contributed by atoms with Crippen molar-refractivity contribution in [3.63, 3.8) is 0 Å². The third-order valence-corrected chi connectivity index (χ3v) is 3.97. The highest BCUT2D eigenvalue weighted by Crippen LogP contribution is 2.34. The molecule has 23 heavy (non-hydrogen) atoms. The van der Waals surface area contributed by atoms with Gasteiger partial charge in [0.05, 0.1) is 11.3 Å². The molecule has 4 rings (SSSR count). The number of phenolic OH excluding ortho intramolecular Hbond substituents is 2. The van der Waals surface area contributed by atoms with Crippen molar-refractivity contribution in [3.05, 3.63) is 48.7 Å². The van der Waals surface area contributed by atoms with E-state index in [1.807, 2.05) is 30.5 Å². The molecule has 0 unspecified atom stereocenters. The van der Waals surface area contributed by atoms with Gasteiger partial charge in [-0.15, -0.1) is 22.8 Å².